The molecule has 2 aliphatic heterocycles. The van der Waals surface area contributed by atoms with E-state index >= 15 is 0 Å². The van der Waals surface area contributed by atoms with Gasteiger partial charge >= 0.3 is 5.97 Å². The molecule has 2 fully saturated rings. The van der Waals surface area contributed by atoms with Crippen molar-refractivity contribution in [3.63, 3.8) is 0 Å². The Labute approximate surface area is 160 Å². The van der Waals surface area contributed by atoms with Crippen LogP contribution in [0.3, 0.4) is 0 Å². The number of carbonyl (C=O) groups is 1. The Balaban J connectivity index is 1.84. The molecular formula is C17H26O11. The molecule has 1 saturated heterocycles. The van der Waals surface area contributed by atoms with E-state index in [0.29, 0.717) is 0 Å². The quantitative estimate of drug-likeness (QED) is 0.260. The SMILES string of the molecule is COC(=O)C1=CO[C@H](O[C@H]2O[C@@H](CO)[C@H](O)[C@@H](O)[C@@H]2O)[C@H]2[C@H](C)[C@H](O)[C@H](O)[C@@H]12. The maximum atomic E-state index is 12.0. The summed E-state index contributed by atoms with van der Waals surface area (Å²) in [7, 11) is 1.18. The van der Waals surface area contributed by atoms with Crippen LogP contribution >= 0.6 is 0 Å². The van der Waals surface area contributed by atoms with Gasteiger partial charge < -0.3 is 49.6 Å². The van der Waals surface area contributed by atoms with Crippen molar-refractivity contribution in [3.05, 3.63) is 11.8 Å². The van der Waals surface area contributed by atoms with Crippen LogP contribution in [0.4, 0.5) is 0 Å². The van der Waals surface area contributed by atoms with Crippen LogP contribution in [0.2, 0.25) is 0 Å². The highest BCUT2D eigenvalue weighted by Crippen LogP contribution is 2.47. The van der Waals surface area contributed by atoms with Gasteiger partial charge in [-0.1, -0.05) is 6.92 Å². The number of methoxy groups -OCH3 is 1. The highest BCUT2D eigenvalue weighted by molar-refractivity contribution is 5.89. The fraction of sp³-hybridized carbons (Fsp3) is 0.824. The summed E-state index contributed by atoms with van der Waals surface area (Å²) < 4.78 is 21.1. The molecule has 0 spiro atoms. The molecule has 1 aliphatic carbocycles. The molecule has 0 unspecified atom stereocenters. The first kappa shape index (κ1) is 21.4. The van der Waals surface area contributed by atoms with Crippen molar-refractivity contribution in [1.82, 2.24) is 0 Å². The van der Waals surface area contributed by atoms with Crippen molar-refractivity contribution in [2.45, 2.75) is 56.1 Å². The van der Waals surface area contributed by atoms with Gasteiger partial charge in [-0.2, -0.15) is 0 Å². The van der Waals surface area contributed by atoms with Crippen molar-refractivity contribution in [1.29, 1.82) is 0 Å². The maximum absolute atomic E-state index is 12.0. The zero-order chi connectivity index (χ0) is 20.7. The molecule has 2 heterocycles. The predicted molar refractivity (Wildman–Crippen MR) is 88.0 cm³/mol. The first-order chi connectivity index (χ1) is 13.2. The average Bonchev–Trinajstić information content (AvgIpc) is 2.92. The third-order valence-corrected chi connectivity index (χ3v) is 5.82. The smallest absolute Gasteiger partial charge is 0.337 e. The lowest BCUT2D eigenvalue weighted by atomic mass is 9.82. The van der Waals surface area contributed by atoms with Crippen LogP contribution in [0.1, 0.15) is 6.92 Å². The fourth-order valence-electron chi connectivity index (χ4n) is 4.16. The lowest BCUT2D eigenvalue weighted by molar-refractivity contribution is -0.343. The molecule has 3 rings (SSSR count). The Kier molecular flexibility index (Phi) is 6.27. The first-order valence-electron chi connectivity index (χ1n) is 8.98. The van der Waals surface area contributed by atoms with E-state index in [9.17, 15) is 35.4 Å². The van der Waals surface area contributed by atoms with E-state index in [1.54, 1.807) is 6.92 Å². The number of fused-ring (bicyclic) bond motifs is 1. The monoisotopic (exact) mass is 406 g/mol. The summed E-state index contributed by atoms with van der Waals surface area (Å²) in [4.78, 5) is 12.0. The molecule has 0 amide bonds. The Bertz CT molecular complexity index is 608. The van der Waals surface area contributed by atoms with Crippen molar-refractivity contribution in [3.8, 4) is 0 Å². The summed E-state index contributed by atoms with van der Waals surface area (Å²) in [5.41, 5.74) is 0.0389. The summed E-state index contributed by atoms with van der Waals surface area (Å²) in [6.07, 6.45) is -9.96. The van der Waals surface area contributed by atoms with E-state index < -0.39 is 79.5 Å². The van der Waals surface area contributed by atoms with E-state index in [4.69, 9.17) is 18.9 Å². The van der Waals surface area contributed by atoms with Gasteiger partial charge in [0, 0.05) is 11.8 Å². The van der Waals surface area contributed by atoms with Crippen LogP contribution in [-0.4, -0.2) is 99.5 Å². The first-order valence-corrected chi connectivity index (χ1v) is 8.98. The highest BCUT2D eigenvalue weighted by atomic mass is 16.8. The van der Waals surface area contributed by atoms with Crippen LogP contribution in [-0.2, 0) is 23.7 Å². The summed E-state index contributed by atoms with van der Waals surface area (Å²) in [6, 6.07) is 0. The Morgan fingerprint density at radius 2 is 1.71 bits per heavy atom. The third-order valence-electron chi connectivity index (χ3n) is 5.82. The van der Waals surface area contributed by atoms with Gasteiger partial charge in [-0.3, -0.25) is 0 Å². The standard InChI is InChI=1S/C17H26O11/c1-5-8-9(12(21)10(5)19)6(15(24)25-2)4-26-16(8)28-17-14(23)13(22)11(20)7(3-18)27-17/h4-5,7-14,16-23H,3H2,1-2H3/t5-,7-,8-,9-,10-,11-,12+,13+,14-,16+,17+/m0/s1. The van der Waals surface area contributed by atoms with Gasteiger partial charge in [0.15, 0.2) is 6.29 Å². The molecule has 0 aromatic rings. The molecule has 0 aromatic carbocycles. The van der Waals surface area contributed by atoms with Gasteiger partial charge in [-0.05, 0) is 5.92 Å². The van der Waals surface area contributed by atoms with Gasteiger partial charge in [-0.25, -0.2) is 4.79 Å². The number of carbonyl (C=O) groups excluding carboxylic acids is 1. The number of hydrogen-bond donors (Lipinski definition) is 6. The predicted octanol–water partition coefficient (Wildman–Crippen LogP) is -3.18. The lowest BCUT2D eigenvalue weighted by Crippen LogP contribution is -2.60. The van der Waals surface area contributed by atoms with E-state index in [-0.39, 0.29) is 5.57 Å². The minimum Gasteiger partial charge on any atom is -0.472 e. The summed E-state index contributed by atoms with van der Waals surface area (Å²) >= 11 is 0. The number of hydrogen-bond acceptors (Lipinski definition) is 11. The molecule has 0 bridgehead atoms. The topological polar surface area (TPSA) is 175 Å². The second kappa shape index (κ2) is 8.20. The molecule has 11 atom stereocenters. The average molecular weight is 406 g/mol. The zero-order valence-electron chi connectivity index (χ0n) is 15.4. The van der Waals surface area contributed by atoms with Crippen molar-refractivity contribution in [2.75, 3.05) is 13.7 Å². The van der Waals surface area contributed by atoms with Crippen molar-refractivity contribution in [2.24, 2.45) is 17.8 Å². The lowest BCUT2D eigenvalue weighted by Gasteiger charge is -2.43. The van der Waals surface area contributed by atoms with Gasteiger partial charge in [-0.15, -0.1) is 0 Å². The van der Waals surface area contributed by atoms with Crippen LogP contribution in [0, 0.1) is 17.8 Å². The van der Waals surface area contributed by atoms with Gasteiger partial charge in [0.25, 0.3) is 0 Å². The number of aliphatic hydroxyl groups excluding tert-OH is 6. The van der Waals surface area contributed by atoms with Gasteiger partial charge in [0.1, 0.15) is 24.4 Å². The molecular weight excluding hydrogens is 380 g/mol. The largest absolute Gasteiger partial charge is 0.472 e. The van der Waals surface area contributed by atoms with E-state index in [0.717, 1.165) is 6.26 Å². The molecule has 0 aromatic heterocycles. The molecule has 160 valence electrons. The van der Waals surface area contributed by atoms with E-state index in [2.05, 4.69) is 0 Å². The molecule has 28 heavy (non-hydrogen) atoms. The molecule has 6 N–H and O–H groups in total. The number of esters is 1. The number of ether oxygens (including phenoxy) is 4. The number of rotatable bonds is 4. The van der Waals surface area contributed by atoms with Gasteiger partial charge in [0.2, 0.25) is 6.29 Å². The number of aliphatic hydroxyl groups is 6. The Morgan fingerprint density at radius 3 is 2.32 bits per heavy atom. The summed E-state index contributed by atoms with van der Waals surface area (Å²) in [6.45, 7) is 1.02. The molecule has 11 heteroatoms. The molecule has 3 aliphatic rings. The maximum Gasteiger partial charge on any atom is 0.337 e. The van der Waals surface area contributed by atoms with Gasteiger partial charge in [0.05, 0.1) is 37.8 Å². The highest BCUT2D eigenvalue weighted by Gasteiger charge is 2.57. The second-order valence-corrected chi connectivity index (χ2v) is 7.35. The fourth-order valence-corrected chi connectivity index (χ4v) is 4.16. The van der Waals surface area contributed by atoms with Crippen molar-refractivity contribution >= 4 is 5.97 Å². The molecule has 11 nitrogen and oxygen atoms in total. The van der Waals surface area contributed by atoms with Crippen LogP contribution < -0.4 is 0 Å². The molecule has 1 saturated carbocycles. The normalized spacial score (nSPS) is 48.4. The second-order valence-electron chi connectivity index (χ2n) is 7.35. The summed E-state index contributed by atoms with van der Waals surface area (Å²) in [5.74, 6) is -2.82. The van der Waals surface area contributed by atoms with Crippen LogP contribution in [0.5, 0.6) is 0 Å². The van der Waals surface area contributed by atoms with E-state index in [1.807, 2.05) is 0 Å². The minimum atomic E-state index is -1.64. The minimum absolute atomic E-state index is 0.0389. The zero-order valence-corrected chi connectivity index (χ0v) is 15.4. The Hall–Kier alpha value is -1.31. The molecule has 0 radical (unpaired) electrons. The van der Waals surface area contributed by atoms with Crippen LogP contribution in [0.15, 0.2) is 11.8 Å². The third kappa shape index (κ3) is 3.42. The summed E-state index contributed by atoms with van der Waals surface area (Å²) in [5, 5.41) is 59.9. The van der Waals surface area contributed by atoms with Crippen molar-refractivity contribution < 1.29 is 54.4 Å². The van der Waals surface area contributed by atoms with Crippen LogP contribution in [0.25, 0.3) is 0 Å². The Morgan fingerprint density at radius 1 is 1.04 bits per heavy atom. The van der Waals surface area contributed by atoms with E-state index in [1.165, 1.54) is 7.11 Å².